The summed E-state index contributed by atoms with van der Waals surface area (Å²) in [5, 5.41) is 9.03. The SMILES string of the molecule is CCCCCCCCCCOC(C)(CC)C(=O)O. The van der Waals surface area contributed by atoms with E-state index in [1.807, 2.05) is 6.92 Å². The van der Waals surface area contributed by atoms with Crippen molar-refractivity contribution in [1.82, 2.24) is 0 Å². The van der Waals surface area contributed by atoms with Crippen molar-refractivity contribution in [1.29, 1.82) is 0 Å². The van der Waals surface area contributed by atoms with E-state index in [-0.39, 0.29) is 0 Å². The maximum absolute atomic E-state index is 11.0. The Kier molecular flexibility index (Phi) is 10.0. The Bertz CT molecular complexity index is 216. The van der Waals surface area contributed by atoms with Crippen molar-refractivity contribution in [3.8, 4) is 0 Å². The van der Waals surface area contributed by atoms with Crippen molar-refractivity contribution in [2.75, 3.05) is 6.61 Å². The van der Waals surface area contributed by atoms with Crippen LogP contribution in [0.2, 0.25) is 0 Å². The number of carboxylic acid groups (broad SMARTS) is 1. The molecule has 0 aromatic heterocycles. The topological polar surface area (TPSA) is 46.5 Å². The molecule has 0 fully saturated rings. The maximum Gasteiger partial charge on any atom is 0.335 e. The average Bonchev–Trinajstić information content (AvgIpc) is 2.36. The summed E-state index contributed by atoms with van der Waals surface area (Å²) in [5.41, 5.74) is -0.999. The Morgan fingerprint density at radius 1 is 1.00 bits per heavy atom. The number of carbonyl (C=O) groups is 1. The van der Waals surface area contributed by atoms with E-state index >= 15 is 0 Å². The molecule has 0 aromatic carbocycles. The molecule has 0 spiro atoms. The highest BCUT2D eigenvalue weighted by Gasteiger charge is 2.31. The van der Waals surface area contributed by atoms with Gasteiger partial charge in [-0.25, -0.2) is 4.79 Å². The molecule has 0 aliphatic rings. The molecule has 18 heavy (non-hydrogen) atoms. The van der Waals surface area contributed by atoms with Gasteiger partial charge in [0.1, 0.15) is 0 Å². The molecule has 3 heteroatoms. The molecule has 0 radical (unpaired) electrons. The van der Waals surface area contributed by atoms with Gasteiger partial charge >= 0.3 is 5.97 Å². The number of hydrogen-bond donors (Lipinski definition) is 1. The van der Waals surface area contributed by atoms with Gasteiger partial charge in [0.25, 0.3) is 0 Å². The average molecular weight is 258 g/mol. The van der Waals surface area contributed by atoms with Crippen LogP contribution in [0.3, 0.4) is 0 Å². The Labute approximate surface area is 112 Å². The molecule has 0 amide bonds. The molecule has 0 saturated heterocycles. The summed E-state index contributed by atoms with van der Waals surface area (Å²) in [6.07, 6.45) is 10.5. The molecule has 0 rings (SSSR count). The van der Waals surface area contributed by atoms with Crippen LogP contribution in [0.15, 0.2) is 0 Å². The second-order valence-electron chi connectivity index (χ2n) is 5.21. The largest absolute Gasteiger partial charge is 0.479 e. The molecule has 3 nitrogen and oxygen atoms in total. The quantitative estimate of drug-likeness (QED) is 0.528. The number of unbranched alkanes of at least 4 members (excludes halogenated alkanes) is 7. The van der Waals surface area contributed by atoms with Gasteiger partial charge in [-0.3, -0.25) is 0 Å². The maximum atomic E-state index is 11.0. The molecule has 0 aromatic rings. The first-order valence-corrected chi connectivity index (χ1v) is 7.44. The third kappa shape index (κ3) is 7.70. The minimum Gasteiger partial charge on any atom is -0.479 e. The minimum absolute atomic E-state index is 0.513. The number of ether oxygens (including phenoxy) is 1. The Morgan fingerprint density at radius 3 is 1.94 bits per heavy atom. The second-order valence-corrected chi connectivity index (χ2v) is 5.21. The van der Waals surface area contributed by atoms with E-state index in [9.17, 15) is 4.79 Å². The highest BCUT2D eigenvalue weighted by atomic mass is 16.5. The first-order chi connectivity index (χ1) is 8.56. The lowest BCUT2D eigenvalue weighted by atomic mass is 10.0. The van der Waals surface area contributed by atoms with Crippen molar-refractivity contribution < 1.29 is 14.6 Å². The van der Waals surface area contributed by atoms with Gasteiger partial charge in [-0.15, -0.1) is 0 Å². The summed E-state index contributed by atoms with van der Waals surface area (Å²) in [6, 6.07) is 0. The predicted octanol–water partition coefficient (Wildman–Crippen LogP) is 4.40. The van der Waals surface area contributed by atoms with E-state index in [1.165, 1.54) is 38.5 Å². The molecule has 0 saturated carbocycles. The minimum atomic E-state index is -0.999. The summed E-state index contributed by atoms with van der Waals surface area (Å²) in [6.45, 7) is 6.29. The van der Waals surface area contributed by atoms with Crippen molar-refractivity contribution in [3.63, 3.8) is 0 Å². The van der Waals surface area contributed by atoms with Gasteiger partial charge in [-0.2, -0.15) is 0 Å². The molecule has 0 aliphatic carbocycles. The van der Waals surface area contributed by atoms with Gasteiger partial charge in [-0.1, -0.05) is 58.8 Å². The third-order valence-corrected chi connectivity index (χ3v) is 3.55. The monoisotopic (exact) mass is 258 g/mol. The van der Waals surface area contributed by atoms with Crippen LogP contribution >= 0.6 is 0 Å². The summed E-state index contributed by atoms with van der Waals surface area (Å²) < 4.78 is 5.49. The molecule has 0 bridgehead atoms. The van der Waals surface area contributed by atoms with E-state index < -0.39 is 11.6 Å². The van der Waals surface area contributed by atoms with Crippen LogP contribution in [0.5, 0.6) is 0 Å². The van der Waals surface area contributed by atoms with E-state index in [2.05, 4.69) is 6.92 Å². The van der Waals surface area contributed by atoms with Crippen LogP contribution < -0.4 is 0 Å². The van der Waals surface area contributed by atoms with Crippen LogP contribution in [0.4, 0.5) is 0 Å². The first-order valence-electron chi connectivity index (χ1n) is 7.44. The lowest BCUT2D eigenvalue weighted by Crippen LogP contribution is -2.37. The Hall–Kier alpha value is -0.570. The predicted molar refractivity (Wildman–Crippen MR) is 74.9 cm³/mol. The lowest BCUT2D eigenvalue weighted by molar-refractivity contribution is -0.164. The van der Waals surface area contributed by atoms with E-state index in [0.29, 0.717) is 13.0 Å². The summed E-state index contributed by atoms with van der Waals surface area (Å²) in [7, 11) is 0. The second kappa shape index (κ2) is 10.4. The van der Waals surface area contributed by atoms with Gasteiger partial charge in [0.05, 0.1) is 0 Å². The van der Waals surface area contributed by atoms with Gasteiger partial charge in [0.15, 0.2) is 5.60 Å². The molecular formula is C15H30O3. The van der Waals surface area contributed by atoms with Crippen LogP contribution in [-0.2, 0) is 9.53 Å². The molecule has 0 aliphatic heterocycles. The van der Waals surface area contributed by atoms with Crippen molar-refractivity contribution in [2.45, 2.75) is 84.2 Å². The molecular weight excluding hydrogens is 228 g/mol. The molecule has 1 N–H and O–H groups in total. The third-order valence-electron chi connectivity index (χ3n) is 3.55. The van der Waals surface area contributed by atoms with Crippen LogP contribution in [0, 0.1) is 0 Å². The summed E-state index contributed by atoms with van der Waals surface area (Å²) in [4.78, 5) is 11.0. The summed E-state index contributed by atoms with van der Waals surface area (Å²) in [5.74, 6) is -0.857. The number of carboxylic acids is 1. The fourth-order valence-corrected chi connectivity index (χ4v) is 1.85. The van der Waals surface area contributed by atoms with Crippen LogP contribution in [0.1, 0.15) is 78.6 Å². The van der Waals surface area contributed by atoms with Crippen molar-refractivity contribution >= 4 is 5.97 Å². The van der Waals surface area contributed by atoms with Crippen LogP contribution in [0.25, 0.3) is 0 Å². The smallest absolute Gasteiger partial charge is 0.335 e. The fourth-order valence-electron chi connectivity index (χ4n) is 1.85. The van der Waals surface area contributed by atoms with Crippen molar-refractivity contribution in [2.24, 2.45) is 0 Å². The summed E-state index contributed by atoms with van der Waals surface area (Å²) >= 11 is 0. The lowest BCUT2D eigenvalue weighted by Gasteiger charge is -2.23. The standard InChI is InChI=1S/C15H30O3/c1-4-6-7-8-9-10-11-12-13-18-15(3,5-2)14(16)17/h4-13H2,1-3H3,(H,16,17). The van der Waals surface area contributed by atoms with E-state index in [1.54, 1.807) is 6.92 Å². The fraction of sp³-hybridized carbons (Fsp3) is 0.933. The van der Waals surface area contributed by atoms with Gasteiger partial charge in [0, 0.05) is 6.61 Å². The van der Waals surface area contributed by atoms with Gasteiger partial charge < -0.3 is 9.84 Å². The first kappa shape index (κ1) is 17.4. The van der Waals surface area contributed by atoms with Gasteiger partial charge in [-0.05, 0) is 19.8 Å². The number of aliphatic carboxylic acids is 1. The highest BCUT2D eigenvalue weighted by Crippen LogP contribution is 2.16. The van der Waals surface area contributed by atoms with E-state index in [4.69, 9.17) is 9.84 Å². The number of rotatable bonds is 12. The van der Waals surface area contributed by atoms with Crippen molar-refractivity contribution in [3.05, 3.63) is 0 Å². The molecule has 1 atom stereocenters. The molecule has 1 unspecified atom stereocenters. The Morgan fingerprint density at radius 2 is 1.50 bits per heavy atom. The molecule has 0 heterocycles. The number of hydrogen-bond acceptors (Lipinski definition) is 2. The van der Waals surface area contributed by atoms with Gasteiger partial charge in [0.2, 0.25) is 0 Å². The van der Waals surface area contributed by atoms with E-state index in [0.717, 1.165) is 12.8 Å². The zero-order chi connectivity index (χ0) is 13.9. The zero-order valence-corrected chi connectivity index (χ0v) is 12.3. The molecule has 108 valence electrons. The highest BCUT2D eigenvalue weighted by molar-refractivity contribution is 5.76. The van der Waals surface area contributed by atoms with Crippen LogP contribution in [-0.4, -0.2) is 23.3 Å². The normalized spacial score (nSPS) is 14.4. The Balaban J connectivity index is 3.42. The zero-order valence-electron chi connectivity index (χ0n) is 12.3.